The largest absolute Gasteiger partial charge is 0.340 e. The zero-order valence-electron chi connectivity index (χ0n) is 14.3. The third-order valence-electron chi connectivity index (χ3n) is 4.79. The first-order chi connectivity index (χ1) is 11.3. The van der Waals surface area contributed by atoms with Gasteiger partial charge in [0.1, 0.15) is 12.1 Å². The van der Waals surface area contributed by atoms with E-state index in [9.17, 15) is 14.4 Å². The Hall–Kier alpha value is -2.38. The minimum absolute atomic E-state index is 0.196. The lowest BCUT2D eigenvalue weighted by molar-refractivity contribution is -0.139. The van der Waals surface area contributed by atoms with Crippen LogP contribution in [-0.4, -0.2) is 63.0 Å². The molecule has 0 saturated carbocycles. The number of carbonyl (C=O) groups excluding carboxylic acids is 3. The molecule has 2 aliphatic heterocycles. The lowest BCUT2D eigenvalue weighted by Gasteiger charge is -2.33. The Morgan fingerprint density at radius 3 is 2.75 bits per heavy atom. The molecule has 130 valence electrons. The molecule has 8 nitrogen and oxygen atoms in total. The zero-order chi connectivity index (χ0) is 17.5. The van der Waals surface area contributed by atoms with E-state index in [2.05, 4.69) is 15.5 Å². The van der Waals surface area contributed by atoms with E-state index in [0.29, 0.717) is 13.1 Å². The molecule has 4 amide bonds. The van der Waals surface area contributed by atoms with Gasteiger partial charge in [-0.25, -0.2) is 4.79 Å². The standard InChI is InChI=1S/C16H23N5O3/c1-10-7-17-19-13(10)11-5-4-6-20(8-11)12(22)9-21-14(23)16(2,3)18-15(21)24/h7,11H,4-6,8-9H2,1-3H3,(H,17,19)(H,18,24). The molecular weight excluding hydrogens is 310 g/mol. The number of H-pyrrole nitrogens is 1. The van der Waals surface area contributed by atoms with E-state index in [0.717, 1.165) is 29.0 Å². The number of aromatic nitrogens is 2. The summed E-state index contributed by atoms with van der Waals surface area (Å²) in [5.74, 6) is -0.346. The van der Waals surface area contributed by atoms with Gasteiger partial charge in [0.05, 0.1) is 6.20 Å². The van der Waals surface area contributed by atoms with Crippen molar-refractivity contribution < 1.29 is 14.4 Å². The highest BCUT2D eigenvalue weighted by atomic mass is 16.2. The average Bonchev–Trinajstić information content (AvgIpc) is 3.04. The van der Waals surface area contributed by atoms with Gasteiger partial charge in [0.15, 0.2) is 0 Å². The molecule has 0 bridgehead atoms. The van der Waals surface area contributed by atoms with Crippen LogP contribution in [0.5, 0.6) is 0 Å². The van der Waals surface area contributed by atoms with E-state index in [1.165, 1.54) is 0 Å². The van der Waals surface area contributed by atoms with Crippen LogP contribution in [0.2, 0.25) is 0 Å². The van der Waals surface area contributed by atoms with Gasteiger partial charge in [-0.05, 0) is 39.2 Å². The summed E-state index contributed by atoms with van der Waals surface area (Å²) in [5, 5.41) is 9.66. The van der Waals surface area contributed by atoms with Gasteiger partial charge >= 0.3 is 6.03 Å². The van der Waals surface area contributed by atoms with E-state index in [4.69, 9.17) is 0 Å². The molecule has 2 saturated heterocycles. The number of hydrogen-bond donors (Lipinski definition) is 2. The Morgan fingerprint density at radius 2 is 2.17 bits per heavy atom. The highest BCUT2D eigenvalue weighted by molar-refractivity contribution is 6.08. The highest BCUT2D eigenvalue weighted by Crippen LogP contribution is 2.27. The first kappa shape index (κ1) is 16.5. The van der Waals surface area contributed by atoms with Crippen LogP contribution in [0.1, 0.15) is 43.9 Å². The highest BCUT2D eigenvalue weighted by Gasteiger charge is 2.45. The monoisotopic (exact) mass is 333 g/mol. The summed E-state index contributed by atoms with van der Waals surface area (Å²) in [7, 11) is 0. The van der Waals surface area contributed by atoms with Gasteiger partial charge in [-0.15, -0.1) is 0 Å². The molecule has 2 N–H and O–H groups in total. The number of aryl methyl sites for hydroxylation is 1. The number of hydrogen-bond acceptors (Lipinski definition) is 4. The van der Waals surface area contributed by atoms with Crippen molar-refractivity contribution in [2.45, 2.75) is 45.1 Å². The number of urea groups is 1. The number of piperidine rings is 1. The van der Waals surface area contributed by atoms with Crippen LogP contribution in [0.4, 0.5) is 4.79 Å². The maximum Gasteiger partial charge on any atom is 0.325 e. The molecule has 8 heteroatoms. The Bertz CT molecular complexity index is 681. The number of imide groups is 1. The van der Waals surface area contributed by atoms with Gasteiger partial charge in [0.25, 0.3) is 5.91 Å². The van der Waals surface area contributed by atoms with Gasteiger partial charge in [-0.3, -0.25) is 19.6 Å². The first-order valence-corrected chi connectivity index (χ1v) is 8.21. The molecule has 2 fully saturated rings. The summed E-state index contributed by atoms with van der Waals surface area (Å²) in [6, 6.07) is -0.503. The van der Waals surface area contributed by atoms with Gasteiger partial charge in [0.2, 0.25) is 5.91 Å². The Balaban J connectivity index is 1.66. The quantitative estimate of drug-likeness (QED) is 0.798. The molecule has 1 aromatic rings. The minimum Gasteiger partial charge on any atom is -0.340 e. The van der Waals surface area contributed by atoms with Crippen LogP contribution in [0.25, 0.3) is 0 Å². The molecule has 1 atom stereocenters. The van der Waals surface area contributed by atoms with E-state index < -0.39 is 11.6 Å². The predicted octanol–water partition coefficient (Wildman–Crippen LogP) is 0.755. The molecule has 1 aromatic heterocycles. The van der Waals surface area contributed by atoms with Crippen molar-refractivity contribution in [2.24, 2.45) is 0 Å². The van der Waals surface area contributed by atoms with Crippen LogP contribution in [0.15, 0.2) is 6.20 Å². The molecule has 0 aromatic carbocycles. The number of amides is 4. The molecule has 3 rings (SSSR count). The summed E-state index contributed by atoms with van der Waals surface area (Å²) in [6.07, 6.45) is 3.66. The predicted molar refractivity (Wildman–Crippen MR) is 86.2 cm³/mol. The van der Waals surface area contributed by atoms with Crippen LogP contribution >= 0.6 is 0 Å². The van der Waals surface area contributed by atoms with Crippen molar-refractivity contribution in [3.05, 3.63) is 17.5 Å². The second kappa shape index (κ2) is 5.92. The summed E-state index contributed by atoms with van der Waals surface area (Å²) >= 11 is 0. The van der Waals surface area contributed by atoms with Crippen LogP contribution in [0.3, 0.4) is 0 Å². The van der Waals surface area contributed by atoms with Gasteiger partial charge < -0.3 is 10.2 Å². The third-order valence-corrected chi connectivity index (χ3v) is 4.79. The molecule has 0 aliphatic carbocycles. The lowest BCUT2D eigenvalue weighted by atomic mass is 9.93. The third kappa shape index (κ3) is 2.88. The van der Waals surface area contributed by atoms with Gasteiger partial charge in [-0.1, -0.05) is 0 Å². The van der Waals surface area contributed by atoms with Crippen LogP contribution in [0, 0.1) is 6.92 Å². The minimum atomic E-state index is -0.950. The molecule has 0 radical (unpaired) electrons. The Kier molecular flexibility index (Phi) is 4.06. The molecule has 2 aliphatic rings. The van der Waals surface area contributed by atoms with E-state index in [1.807, 2.05) is 6.92 Å². The topological polar surface area (TPSA) is 98.4 Å². The van der Waals surface area contributed by atoms with Crippen molar-refractivity contribution in [2.75, 3.05) is 19.6 Å². The molecule has 24 heavy (non-hydrogen) atoms. The van der Waals surface area contributed by atoms with Crippen molar-refractivity contribution in [1.82, 2.24) is 25.3 Å². The van der Waals surface area contributed by atoms with Crippen molar-refractivity contribution in [1.29, 1.82) is 0 Å². The average molecular weight is 333 g/mol. The van der Waals surface area contributed by atoms with Crippen LogP contribution < -0.4 is 5.32 Å². The Labute approximate surface area is 140 Å². The lowest BCUT2D eigenvalue weighted by Crippen LogP contribution is -2.47. The van der Waals surface area contributed by atoms with E-state index in [1.54, 1.807) is 24.9 Å². The normalized spacial score (nSPS) is 23.5. The molecular formula is C16H23N5O3. The van der Waals surface area contributed by atoms with E-state index in [-0.39, 0.29) is 24.3 Å². The fraction of sp³-hybridized carbons (Fsp3) is 0.625. The maximum absolute atomic E-state index is 12.6. The zero-order valence-corrected chi connectivity index (χ0v) is 14.3. The van der Waals surface area contributed by atoms with Crippen molar-refractivity contribution >= 4 is 17.8 Å². The van der Waals surface area contributed by atoms with E-state index >= 15 is 0 Å². The summed E-state index contributed by atoms with van der Waals surface area (Å²) in [6.45, 7) is 6.29. The molecule has 3 heterocycles. The van der Waals surface area contributed by atoms with Gasteiger partial charge in [0, 0.05) is 24.7 Å². The second-order valence-corrected chi connectivity index (χ2v) is 7.09. The SMILES string of the molecule is Cc1cn[nH]c1C1CCCN(C(=O)CN2C(=O)NC(C)(C)C2=O)C1. The van der Waals surface area contributed by atoms with Crippen LogP contribution in [-0.2, 0) is 9.59 Å². The fourth-order valence-corrected chi connectivity index (χ4v) is 3.41. The molecule has 1 unspecified atom stereocenters. The fourth-order valence-electron chi connectivity index (χ4n) is 3.41. The number of carbonyl (C=O) groups is 3. The number of likely N-dealkylation sites (tertiary alicyclic amines) is 1. The number of rotatable bonds is 3. The Morgan fingerprint density at radius 1 is 1.42 bits per heavy atom. The smallest absolute Gasteiger partial charge is 0.325 e. The summed E-state index contributed by atoms with van der Waals surface area (Å²) < 4.78 is 0. The van der Waals surface area contributed by atoms with Crippen molar-refractivity contribution in [3.63, 3.8) is 0 Å². The second-order valence-electron chi connectivity index (χ2n) is 7.09. The number of nitrogens with zero attached hydrogens (tertiary/aromatic N) is 3. The number of nitrogens with one attached hydrogen (secondary N) is 2. The summed E-state index contributed by atoms with van der Waals surface area (Å²) in [5.41, 5.74) is 1.20. The number of aromatic amines is 1. The van der Waals surface area contributed by atoms with Gasteiger partial charge in [-0.2, -0.15) is 5.10 Å². The van der Waals surface area contributed by atoms with Crippen molar-refractivity contribution in [3.8, 4) is 0 Å². The molecule has 0 spiro atoms. The summed E-state index contributed by atoms with van der Waals surface area (Å²) in [4.78, 5) is 39.5. The maximum atomic E-state index is 12.6. The first-order valence-electron chi connectivity index (χ1n) is 8.21.